The topological polar surface area (TPSA) is 62.1 Å². The second kappa shape index (κ2) is 4.59. The van der Waals surface area contributed by atoms with Crippen molar-refractivity contribution in [2.45, 2.75) is 5.92 Å². The van der Waals surface area contributed by atoms with Crippen LogP contribution in [0.15, 0.2) is 30.5 Å². The van der Waals surface area contributed by atoms with Gasteiger partial charge in [-0.3, -0.25) is 4.79 Å². The largest absolute Gasteiger partial charge is 0.361 e. The van der Waals surface area contributed by atoms with Gasteiger partial charge in [-0.1, -0.05) is 18.2 Å². The molecule has 0 aliphatic heterocycles. The number of hydrogen-bond donors (Lipinski definition) is 2. The van der Waals surface area contributed by atoms with E-state index >= 15 is 0 Å². The molecule has 1 atom stereocenters. The molecule has 1 heterocycles. The van der Waals surface area contributed by atoms with Crippen LogP contribution in [0.1, 0.15) is 11.5 Å². The SMILES string of the molecule is CN(C)C(=O)C(CN)c1c[nH]c2ccccc12. The Bertz CT molecular complexity index is 530. The summed E-state index contributed by atoms with van der Waals surface area (Å²) < 4.78 is 0. The van der Waals surface area contributed by atoms with Gasteiger partial charge in [0.2, 0.25) is 5.91 Å². The summed E-state index contributed by atoms with van der Waals surface area (Å²) in [6.07, 6.45) is 1.88. The van der Waals surface area contributed by atoms with Crippen molar-refractivity contribution in [3.8, 4) is 0 Å². The third-order valence-corrected chi connectivity index (χ3v) is 2.97. The highest BCUT2D eigenvalue weighted by molar-refractivity contribution is 5.92. The molecule has 4 heteroatoms. The zero-order valence-electron chi connectivity index (χ0n) is 10.1. The van der Waals surface area contributed by atoms with Crippen molar-refractivity contribution in [1.82, 2.24) is 9.88 Å². The first kappa shape index (κ1) is 11.7. The van der Waals surface area contributed by atoms with E-state index in [0.717, 1.165) is 16.5 Å². The fourth-order valence-electron chi connectivity index (χ4n) is 2.05. The van der Waals surface area contributed by atoms with E-state index < -0.39 is 0 Å². The molecule has 2 rings (SSSR count). The Morgan fingerprint density at radius 2 is 2.12 bits per heavy atom. The standard InChI is InChI=1S/C13H17N3O/c1-16(2)13(17)10(7-14)11-8-15-12-6-4-3-5-9(11)12/h3-6,8,10,15H,7,14H2,1-2H3. The molecule has 17 heavy (non-hydrogen) atoms. The number of carbonyl (C=O) groups is 1. The normalized spacial score (nSPS) is 12.6. The maximum atomic E-state index is 12.0. The molecule has 1 aromatic heterocycles. The second-order valence-corrected chi connectivity index (χ2v) is 4.31. The van der Waals surface area contributed by atoms with Gasteiger partial charge in [0.05, 0.1) is 5.92 Å². The molecular formula is C13H17N3O. The molecule has 0 aliphatic rings. The predicted molar refractivity (Wildman–Crippen MR) is 68.8 cm³/mol. The number of aromatic nitrogens is 1. The van der Waals surface area contributed by atoms with Crippen LogP contribution in [0.4, 0.5) is 0 Å². The van der Waals surface area contributed by atoms with Crippen LogP contribution < -0.4 is 5.73 Å². The number of nitrogens with two attached hydrogens (primary N) is 1. The van der Waals surface area contributed by atoms with Gasteiger partial charge in [0.15, 0.2) is 0 Å². The number of aromatic amines is 1. The van der Waals surface area contributed by atoms with E-state index in [0.29, 0.717) is 6.54 Å². The van der Waals surface area contributed by atoms with Crippen LogP contribution in [0.5, 0.6) is 0 Å². The molecule has 90 valence electrons. The highest BCUT2D eigenvalue weighted by Crippen LogP contribution is 2.25. The van der Waals surface area contributed by atoms with Crippen LogP contribution in [-0.2, 0) is 4.79 Å². The Labute approximate surface area is 100 Å². The zero-order chi connectivity index (χ0) is 12.4. The van der Waals surface area contributed by atoms with Gasteiger partial charge in [0.25, 0.3) is 0 Å². The molecule has 0 fully saturated rings. The molecule has 4 nitrogen and oxygen atoms in total. The number of amides is 1. The van der Waals surface area contributed by atoms with E-state index in [-0.39, 0.29) is 11.8 Å². The molecule has 0 spiro atoms. The van der Waals surface area contributed by atoms with Gasteiger partial charge in [0, 0.05) is 37.7 Å². The lowest BCUT2D eigenvalue weighted by atomic mass is 9.97. The van der Waals surface area contributed by atoms with Gasteiger partial charge >= 0.3 is 0 Å². The third kappa shape index (κ3) is 2.03. The average Bonchev–Trinajstić information content (AvgIpc) is 2.74. The van der Waals surface area contributed by atoms with E-state index in [1.165, 1.54) is 0 Å². The molecule has 0 saturated carbocycles. The quantitative estimate of drug-likeness (QED) is 0.836. The van der Waals surface area contributed by atoms with Gasteiger partial charge in [-0.05, 0) is 11.6 Å². The first-order chi connectivity index (χ1) is 8.15. The van der Waals surface area contributed by atoms with Crippen LogP contribution in [0.3, 0.4) is 0 Å². The van der Waals surface area contributed by atoms with Crippen LogP contribution in [0.2, 0.25) is 0 Å². The fourth-order valence-corrected chi connectivity index (χ4v) is 2.05. The molecule has 0 saturated heterocycles. The minimum absolute atomic E-state index is 0.0391. The number of para-hydroxylation sites is 1. The summed E-state index contributed by atoms with van der Waals surface area (Å²) in [5.41, 5.74) is 7.74. The minimum Gasteiger partial charge on any atom is -0.361 e. The van der Waals surface area contributed by atoms with Crippen LogP contribution in [0, 0.1) is 0 Å². The number of fused-ring (bicyclic) bond motifs is 1. The number of rotatable bonds is 3. The lowest BCUT2D eigenvalue weighted by Crippen LogP contribution is -2.32. The number of benzene rings is 1. The minimum atomic E-state index is -0.277. The van der Waals surface area contributed by atoms with Crippen molar-refractivity contribution in [1.29, 1.82) is 0 Å². The summed E-state index contributed by atoms with van der Waals surface area (Å²) in [6, 6.07) is 7.93. The van der Waals surface area contributed by atoms with E-state index in [9.17, 15) is 4.79 Å². The maximum Gasteiger partial charge on any atom is 0.230 e. The Morgan fingerprint density at radius 1 is 1.41 bits per heavy atom. The molecule has 1 amide bonds. The molecule has 1 unspecified atom stereocenters. The number of nitrogens with one attached hydrogen (secondary N) is 1. The van der Waals surface area contributed by atoms with Gasteiger partial charge in [-0.2, -0.15) is 0 Å². The fraction of sp³-hybridized carbons (Fsp3) is 0.308. The summed E-state index contributed by atoms with van der Waals surface area (Å²) in [7, 11) is 3.50. The van der Waals surface area contributed by atoms with Gasteiger partial charge in [-0.15, -0.1) is 0 Å². The second-order valence-electron chi connectivity index (χ2n) is 4.31. The molecule has 0 aliphatic carbocycles. The van der Waals surface area contributed by atoms with Crippen molar-refractivity contribution in [2.24, 2.45) is 5.73 Å². The Kier molecular flexibility index (Phi) is 3.15. The van der Waals surface area contributed by atoms with Crippen molar-refractivity contribution in [3.63, 3.8) is 0 Å². The molecule has 3 N–H and O–H groups in total. The lowest BCUT2D eigenvalue weighted by Gasteiger charge is -2.18. The van der Waals surface area contributed by atoms with Crippen LogP contribution in [-0.4, -0.2) is 36.4 Å². The van der Waals surface area contributed by atoms with Crippen molar-refractivity contribution < 1.29 is 4.79 Å². The summed E-state index contributed by atoms with van der Waals surface area (Å²) in [6.45, 7) is 0.318. The Balaban J connectivity index is 2.47. The average molecular weight is 231 g/mol. The van der Waals surface area contributed by atoms with Gasteiger partial charge in [-0.25, -0.2) is 0 Å². The molecule has 0 radical (unpaired) electrons. The van der Waals surface area contributed by atoms with Gasteiger partial charge < -0.3 is 15.6 Å². The molecular weight excluding hydrogens is 214 g/mol. The molecule has 0 bridgehead atoms. The van der Waals surface area contributed by atoms with Crippen molar-refractivity contribution in [2.75, 3.05) is 20.6 Å². The van der Waals surface area contributed by atoms with E-state index in [1.807, 2.05) is 30.5 Å². The highest BCUT2D eigenvalue weighted by Gasteiger charge is 2.23. The van der Waals surface area contributed by atoms with Crippen molar-refractivity contribution >= 4 is 16.8 Å². The number of nitrogens with zero attached hydrogens (tertiary/aromatic N) is 1. The number of carbonyl (C=O) groups excluding carboxylic acids is 1. The van der Waals surface area contributed by atoms with Gasteiger partial charge in [0.1, 0.15) is 0 Å². The highest BCUT2D eigenvalue weighted by atomic mass is 16.2. The number of likely N-dealkylation sites (N-methyl/N-ethyl adjacent to an activating group) is 1. The first-order valence-electron chi connectivity index (χ1n) is 5.62. The summed E-state index contributed by atoms with van der Waals surface area (Å²) in [5.74, 6) is -0.238. The summed E-state index contributed by atoms with van der Waals surface area (Å²) in [5, 5.41) is 1.07. The van der Waals surface area contributed by atoms with Crippen LogP contribution >= 0.6 is 0 Å². The maximum absolute atomic E-state index is 12.0. The summed E-state index contributed by atoms with van der Waals surface area (Å²) >= 11 is 0. The Hall–Kier alpha value is -1.81. The third-order valence-electron chi connectivity index (χ3n) is 2.97. The van der Waals surface area contributed by atoms with Crippen LogP contribution in [0.25, 0.3) is 10.9 Å². The van der Waals surface area contributed by atoms with E-state index in [2.05, 4.69) is 4.98 Å². The summed E-state index contributed by atoms with van der Waals surface area (Å²) in [4.78, 5) is 16.8. The van der Waals surface area contributed by atoms with E-state index in [1.54, 1.807) is 19.0 Å². The van der Waals surface area contributed by atoms with E-state index in [4.69, 9.17) is 5.73 Å². The zero-order valence-corrected chi connectivity index (χ0v) is 10.1. The molecule has 2 aromatic rings. The van der Waals surface area contributed by atoms with Crippen molar-refractivity contribution in [3.05, 3.63) is 36.0 Å². The Morgan fingerprint density at radius 3 is 2.76 bits per heavy atom. The smallest absolute Gasteiger partial charge is 0.230 e. The number of H-pyrrole nitrogens is 1. The predicted octanol–water partition coefficient (Wildman–Crippen LogP) is 1.30. The monoisotopic (exact) mass is 231 g/mol. The first-order valence-corrected chi connectivity index (χ1v) is 5.62. The number of hydrogen-bond acceptors (Lipinski definition) is 2. The lowest BCUT2D eigenvalue weighted by molar-refractivity contribution is -0.130. The molecule has 1 aromatic carbocycles.